The third-order valence-corrected chi connectivity index (χ3v) is 3.71. The van der Waals surface area contributed by atoms with Crippen LogP contribution in [0.15, 0.2) is 30.3 Å². The van der Waals surface area contributed by atoms with E-state index in [1.165, 1.54) is 25.8 Å². The van der Waals surface area contributed by atoms with Crippen molar-refractivity contribution >= 4 is 0 Å². The minimum Gasteiger partial charge on any atom is -0.491 e. The molecule has 1 aromatic rings. The SMILES string of the molecule is c1ccc(OC[C@@H]2OCN3CCCC[C@H]23)cc1. The Labute approximate surface area is 102 Å². The van der Waals surface area contributed by atoms with Gasteiger partial charge in [0.2, 0.25) is 0 Å². The van der Waals surface area contributed by atoms with Gasteiger partial charge in [-0.2, -0.15) is 0 Å². The van der Waals surface area contributed by atoms with E-state index in [-0.39, 0.29) is 6.10 Å². The number of para-hydroxylation sites is 1. The molecule has 3 rings (SSSR count). The molecule has 0 amide bonds. The zero-order valence-corrected chi connectivity index (χ0v) is 10.0. The van der Waals surface area contributed by atoms with Crippen molar-refractivity contribution in [3.8, 4) is 5.75 Å². The number of nitrogens with zero attached hydrogens (tertiary/aromatic N) is 1. The normalized spacial score (nSPS) is 28.9. The Morgan fingerprint density at radius 1 is 1.24 bits per heavy atom. The summed E-state index contributed by atoms with van der Waals surface area (Å²) < 4.78 is 11.6. The van der Waals surface area contributed by atoms with Crippen LogP contribution >= 0.6 is 0 Å². The maximum Gasteiger partial charge on any atom is 0.119 e. The van der Waals surface area contributed by atoms with Crippen molar-refractivity contribution in [1.82, 2.24) is 4.90 Å². The molecule has 1 aromatic carbocycles. The number of rotatable bonds is 3. The van der Waals surface area contributed by atoms with Gasteiger partial charge >= 0.3 is 0 Å². The maximum atomic E-state index is 5.82. The first-order valence-corrected chi connectivity index (χ1v) is 6.47. The average molecular weight is 233 g/mol. The minimum atomic E-state index is 0.246. The summed E-state index contributed by atoms with van der Waals surface area (Å²) in [7, 11) is 0. The predicted octanol–water partition coefficient (Wildman–Crippen LogP) is 2.28. The van der Waals surface area contributed by atoms with Crippen molar-refractivity contribution in [1.29, 1.82) is 0 Å². The van der Waals surface area contributed by atoms with E-state index in [0.29, 0.717) is 12.6 Å². The van der Waals surface area contributed by atoms with Crippen LogP contribution in [-0.4, -0.2) is 36.9 Å². The largest absolute Gasteiger partial charge is 0.491 e. The Kier molecular flexibility index (Phi) is 3.29. The zero-order valence-electron chi connectivity index (χ0n) is 10.0. The maximum absolute atomic E-state index is 5.82. The highest BCUT2D eigenvalue weighted by Gasteiger charge is 2.36. The lowest BCUT2D eigenvalue weighted by atomic mass is 9.99. The first-order chi connectivity index (χ1) is 8.43. The van der Waals surface area contributed by atoms with Gasteiger partial charge in [-0.1, -0.05) is 24.6 Å². The molecular weight excluding hydrogens is 214 g/mol. The summed E-state index contributed by atoms with van der Waals surface area (Å²) in [6.07, 6.45) is 4.14. The van der Waals surface area contributed by atoms with E-state index in [4.69, 9.17) is 9.47 Å². The topological polar surface area (TPSA) is 21.7 Å². The van der Waals surface area contributed by atoms with Crippen LogP contribution in [0.2, 0.25) is 0 Å². The molecule has 0 N–H and O–H groups in total. The quantitative estimate of drug-likeness (QED) is 0.799. The molecule has 92 valence electrons. The molecule has 3 nitrogen and oxygen atoms in total. The van der Waals surface area contributed by atoms with Crippen LogP contribution in [0.1, 0.15) is 19.3 Å². The Bertz CT molecular complexity index is 354. The fourth-order valence-corrected chi connectivity index (χ4v) is 2.75. The van der Waals surface area contributed by atoms with Crippen molar-refractivity contribution in [2.45, 2.75) is 31.4 Å². The molecule has 0 saturated carbocycles. The van der Waals surface area contributed by atoms with Crippen LogP contribution in [0.3, 0.4) is 0 Å². The summed E-state index contributed by atoms with van der Waals surface area (Å²) in [6, 6.07) is 10.6. The second kappa shape index (κ2) is 5.07. The lowest BCUT2D eigenvalue weighted by Crippen LogP contribution is -2.41. The molecule has 0 aromatic heterocycles. The highest BCUT2D eigenvalue weighted by atomic mass is 16.5. The highest BCUT2D eigenvalue weighted by molar-refractivity contribution is 5.21. The van der Waals surface area contributed by atoms with Crippen LogP contribution in [-0.2, 0) is 4.74 Å². The van der Waals surface area contributed by atoms with Gasteiger partial charge in [0.25, 0.3) is 0 Å². The second-order valence-corrected chi connectivity index (χ2v) is 4.83. The smallest absolute Gasteiger partial charge is 0.119 e. The average Bonchev–Trinajstić information content (AvgIpc) is 2.81. The Hall–Kier alpha value is -1.06. The molecule has 2 saturated heterocycles. The summed E-state index contributed by atoms with van der Waals surface area (Å²) in [5.74, 6) is 0.936. The number of hydrogen-bond donors (Lipinski definition) is 0. The lowest BCUT2D eigenvalue weighted by Gasteiger charge is -2.29. The molecule has 0 aliphatic carbocycles. The Morgan fingerprint density at radius 3 is 3.00 bits per heavy atom. The van der Waals surface area contributed by atoms with Gasteiger partial charge in [0.05, 0.1) is 6.73 Å². The van der Waals surface area contributed by atoms with Gasteiger partial charge in [0.15, 0.2) is 0 Å². The second-order valence-electron chi connectivity index (χ2n) is 4.83. The zero-order chi connectivity index (χ0) is 11.5. The van der Waals surface area contributed by atoms with E-state index in [9.17, 15) is 0 Å². The first kappa shape index (κ1) is 11.1. The molecule has 17 heavy (non-hydrogen) atoms. The van der Waals surface area contributed by atoms with Crippen molar-refractivity contribution in [2.24, 2.45) is 0 Å². The van der Waals surface area contributed by atoms with Crippen LogP contribution < -0.4 is 4.74 Å². The molecule has 2 atom stereocenters. The molecule has 0 unspecified atom stereocenters. The molecular formula is C14H19NO2. The molecule has 0 radical (unpaired) electrons. The molecule has 2 aliphatic heterocycles. The molecule has 3 heteroatoms. The van der Waals surface area contributed by atoms with Gasteiger partial charge in [-0.15, -0.1) is 0 Å². The Balaban J connectivity index is 1.55. The highest BCUT2D eigenvalue weighted by Crippen LogP contribution is 2.27. The van der Waals surface area contributed by atoms with Gasteiger partial charge in [-0.3, -0.25) is 4.90 Å². The number of fused-ring (bicyclic) bond motifs is 1. The first-order valence-electron chi connectivity index (χ1n) is 6.47. The summed E-state index contributed by atoms with van der Waals surface area (Å²) in [6.45, 7) is 2.64. The van der Waals surface area contributed by atoms with Gasteiger partial charge in [-0.25, -0.2) is 0 Å². The third kappa shape index (κ3) is 2.45. The van der Waals surface area contributed by atoms with Gasteiger partial charge in [-0.05, 0) is 25.0 Å². The van der Waals surface area contributed by atoms with Crippen molar-refractivity contribution in [3.63, 3.8) is 0 Å². The molecule has 0 bridgehead atoms. The minimum absolute atomic E-state index is 0.246. The van der Waals surface area contributed by atoms with E-state index in [1.54, 1.807) is 0 Å². The predicted molar refractivity (Wildman–Crippen MR) is 66.0 cm³/mol. The van der Waals surface area contributed by atoms with Crippen LogP contribution in [0.4, 0.5) is 0 Å². The van der Waals surface area contributed by atoms with E-state index < -0.39 is 0 Å². The standard InChI is InChI=1S/C14H19NO2/c1-2-6-12(7-3-1)16-10-14-13-8-4-5-9-15(13)11-17-14/h1-3,6-7,13-14H,4-5,8-11H2/t13-,14+/m1/s1. The van der Waals surface area contributed by atoms with Crippen LogP contribution in [0.5, 0.6) is 5.75 Å². The third-order valence-electron chi connectivity index (χ3n) is 3.71. The fraction of sp³-hybridized carbons (Fsp3) is 0.571. The van der Waals surface area contributed by atoms with E-state index in [1.807, 2.05) is 30.3 Å². The lowest BCUT2D eigenvalue weighted by molar-refractivity contribution is 0.0560. The molecule has 0 spiro atoms. The fourth-order valence-electron chi connectivity index (χ4n) is 2.75. The summed E-state index contributed by atoms with van der Waals surface area (Å²) in [5.41, 5.74) is 0. The van der Waals surface area contributed by atoms with E-state index >= 15 is 0 Å². The Morgan fingerprint density at radius 2 is 2.12 bits per heavy atom. The number of ether oxygens (including phenoxy) is 2. The molecule has 2 fully saturated rings. The van der Waals surface area contributed by atoms with Crippen LogP contribution in [0, 0.1) is 0 Å². The van der Waals surface area contributed by atoms with Crippen molar-refractivity contribution in [2.75, 3.05) is 19.9 Å². The summed E-state index contributed by atoms with van der Waals surface area (Å²) in [5, 5.41) is 0. The van der Waals surface area contributed by atoms with E-state index in [0.717, 1.165) is 12.5 Å². The van der Waals surface area contributed by atoms with Gasteiger partial charge < -0.3 is 9.47 Å². The van der Waals surface area contributed by atoms with Crippen LogP contribution in [0.25, 0.3) is 0 Å². The van der Waals surface area contributed by atoms with Gasteiger partial charge in [0.1, 0.15) is 18.5 Å². The number of hydrogen-bond acceptors (Lipinski definition) is 3. The number of piperidine rings is 1. The van der Waals surface area contributed by atoms with Gasteiger partial charge in [0, 0.05) is 12.6 Å². The van der Waals surface area contributed by atoms with Crippen molar-refractivity contribution < 1.29 is 9.47 Å². The molecule has 2 heterocycles. The van der Waals surface area contributed by atoms with E-state index in [2.05, 4.69) is 4.90 Å². The number of benzene rings is 1. The molecule has 2 aliphatic rings. The summed E-state index contributed by atoms with van der Waals surface area (Å²) >= 11 is 0. The summed E-state index contributed by atoms with van der Waals surface area (Å²) in [4.78, 5) is 2.45. The monoisotopic (exact) mass is 233 g/mol. The van der Waals surface area contributed by atoms with Crippen molar-refractivity contribution in [3.05, 3.63) is 30.3 Å².